The Kier molecular flexibility index (Phi) is 5.00. The van der Waals surface area contributed by atoms with E-state index >= 15 is 0 Å². The number of rotatable bonds is 6. The molecular formula is C18H17N7O3. The Bertz CT molecular complexity index is 962. The van der Waals surface area contributed by atoms with Crippen LogP contribution in [0.15, 0.2) is 47.6 Å². The molecule has 1 atom stereocenters. The number of pyridine rings is 1. The van der Waals surface area contributed by atoms with Gasteiger partial charge in [-0.15, -0.1) is 0 Å². The highest BCUT2D eigenvalue weighted by Gasteiger charge is 2.35. The van der Waals surface area contributed by atoms with E-state index in [2.05, 4.69) is 30.4 Å². The molecule has 0 radical (unpaired) electrons. The Morgan fingerprint density at radius 1 is 1.21 bits per heavy atom. The van der Waals surface area contributed by atoms with Crippen molar-refractivity contribution in [3.8, 4) is 0 Å². The standard InChI is InChI=1S/C18H17N7O3/c26-16-2-1-14(25(16)11-12-3-5-19-6-4-12)18-23-15(24-28-18)10-22-17(27)13-9-20-7-8-21-13/h3-9,14H,1-2,10-11H2,(H,22,27)/t14-/m0/s1. The molecule has 1 N–H and O–H groups in total. The van der Waals surface area contributed by atoms with Gasteiger partial charge in [-0.3, -0.25) is 19.6 Å². The van der Waals surface area contributed by atoms with E-state index < -0.39 is 0 Å². The molecule has 0 spiro atoms. The molecular weight excluding hydrogens is 362 g/mol. The first-order chi connectivity index (χ1) is 13.7. The minimum atomic E-state index is -0.380. The van der Waals surface area contributed by atoms with E-state index in [4.69, 9.17) is 4.52 Å². The van der Waals surface area contributed by atoms with Gasteiger partial charge in [0.15, 0.2) is 5.82 Å². The van der Waals surface area contributed by atoms with E-state index in [9.17, 15) is 9.59 Å². The average Bonchev–Trinajstić information content (AvgIpc) is 3.35. The highest BCUT2D eigenvalue weighted by Crippen LogP contribution is 2.33. The predicted octanol–water partition coefficient (Wildman–Crippen LogP) is 1.05. The van der Waals surface area contributed by atoms with E-state index in [1.165, 1.54) is 18.6 Å². The number of hydrogen-bond acceptors (Lipinski definition) is 8. The quantitative estimate of drug-likeness (QED) is 0.673. The van der Waals surface area contributed by atoms with Crippen LogP contribution >= 0.6 is 0 Å². The Balaban J connectivity index is 1.41. The number of carbonyl (C=O) groups excluding carboxylic acids is 2. The lowest BCUT2D eigenvalue weighted by atomic mass is 10.2. The molecule has 2 amide bonds. The van der Waals surface area contributed by atoms with Crippen molar-refractivity contribution in [2.45, 2.75) is 32.0 Å². The number of hydrogen-bond donors (Lipinski definition) is 1. The molecule has 3 aromatic rings. The molecule has 0 unspecified atom stereocenters. The molecule has 4 heterocycles. The van der Waals surface area contributed by atoms with Gasteiger partial charge in [-0.1, -0.05) is 5.16 Å². The monoisotopic (exact) mass is 379 g/mol. The van der Waals surface area contributed by atoms with E-state index in [1.54, 1.807) is 17.3 Å². The summed E-state index contributed by atoms with van der Waals surface area (Å²) in [6.45, 7) is 0.539. The number of amides is 2. The third-order valence-corrected chi connectivity index (χ3v) is 4.40. The Morgan fingerprint density at radius 2 is 2.07 bits per heavy atom. The summed E-state index contributed by atoms with van der Waals surface area (Å²) in [5, 5.41) is 6.57. The topological polar surface area (TPSA) is 127 Å². The third-order valence-electron chi connectivity index (χ3n) is 4.40. The van der Waals surface area contributed by atoms with Crippen molar-refractivity contribution in [2.24, 2.45) is 0 Å². The normalized spacial score (nSPS) is 16.4. The zero-order valence-corrected chi connectivity index (χ0v) is 14.9. The van der Waals surface area contributed by atoms with Crippen LogP contribution in [0.5, 0.6) is 0 Å². The third kappa shape index (κ3) is 3.85. The molecule has 1 fully saturated rings. The molecule has 1 saturated heterocycles. The number of likely N-dealkylation sites (tertiary alicyclic amines) is 1. The summed E-state index contributed by atoms with van der Waals surface area (Å²) in [5.74, 6) is 0.353. The lowest BCUT2D eigenvalue weighted by Gasteiger charge is -2.21. The van der Waals surface area contributed by atoms with Gasteiger partial charge in [0.05, 0.1) is 12.7 Å². The molecule has 0 bridgehead atoms. The summed E-state index contributed by atoms with van der Waals surface area (Å²) in [6, 6.07) is 3.45. The molecule has 10 nitrogen and oxygen atoms in total. The van der Waals surface area contributed by atoms with Gasteiger partial charge in [0.1, 0.15) is 11.7 Å². The smallest absolute Gasteiger partial charge is 0.271 e. The van der Waals surface area contributed by atoms with Gasteiger partial charge in [0.25, 0.3) is 5.91 Å². The van der Waals surface area contributed by atoms with Crippen LogP contribution < -0.4 is 5.32 Å². The highest BCUT2D eigenvalue weighted by molar-refractivity contribution is 5.91. The second kappa shape index (κ2) is 7.91. The van der Waals surface area contributed by atoms with Gasteiger partial charge in [0, 0.05) is 37.8 Å². The van der Waals surface area contributed by atoms with Gasteiger partial charge in [-0.05, 0) is 24.1 Å². The molecule has 0 aromatic carbocycles. The van der Waals surface area contributed by atoms with Crippen LogP contribution in [-0.2, 0) is 17.9 Å². The summed E-state index contributed by atoms with van der Waals surface area (Å²) in [5.41, 5.74) is 1.18. The van der Waals surface area contributed by atoms with Crippen LogP contribution in [0, 0.1) is 0 Å². The van der Waals surface area contributed by atoms with Crippen LogP contribution in [0.2, 0.25) is 0 Å². The van der Waals surface area contributed by atoms with E-state index in [0.29, 0.717) is 31.1 Å². The molecule has 0 aliphatic carbocycles. The van der Waals surface area contributed by atoms with Crippen molar-refractivity contribution in [3.05, 3.63) is 66.1 Å². The first kappa shape index (κ1) is 17.7. The predicted molar refractivity (Wildman–Crippen MR) is 94.3 cm³/mol. The second-order valence-electron chi connectivity index (χ2n) is 6.25. The van der Waals surface area contributed by atoms with Crippen LogP contribution in [0.1, 0.15) is 46.7 Å². The fourth-order valence-corrected chi connectivity index (χ4v) is 3.01. The number of aromatic nitrogens is 5. The zero-order chi connectivity index (χ0) is 19.3. The van der Waals surface area contributed by atoms with Gasteiger partial charge in [0.2, 0.25) is 11.8 Å². The van der Waals surface area contributed by atoms with Crippen LogP contribution in [0.4, 0.5) is 0 Å². The Morgan fingerprint density at radius 3 is 2.86 bits per heavy atom. The fraction of sp³-hybridized carbons (Fsp3) is 0.278. The van der Waals surface area contributed by atoms with Gasteiger partial charge < -0.3 is 14.7 Å². The molecule has 4 rings (SSSR count). The van der Waals surface area contributed by atoms with E-state index in [-0.39, 0.29) is 30.1 Å². The first-order valence-corrected chi connectivity index (χ1v) is 8.76. The lowest BCUT2D eigenvalue weighted by molar-refractivity contribution is -0.130. The summed E-state index contributed by atoms with van der Waals surface area (Å²) in [4.78, 5) is 42.2. The van der Waals surface area contributed by atoms with Crippen molar-refractivity contribution < 1.29 is 14.1 Å². The fourth-order valence-electron chi connectivity index (χ4n) is 3.01. The zero-order valence-electron chi connectivity index (χ0n) is 14.9. The molecule has 0 saturated carbocycles. The van der Waals surface area contributed by atoms with Crippen LogP contribution in [0.25, 0.3) is 0 Å². The minimum absolute atomic E-state index is 0.0394. The Hall–Kier alpha value is -3.69. The number of carbonyl (C=O) groups is 2. The van der Waals surface area contributed by atoms with Gasteiger partial charge in [-0.25, -0.2) is 4.98 Å². The molecule has 142 valence electrons. The molecule has 28 heavy (non-hydrogen) atoms. The number of nitrogens with zero attached hydrogens (tertiary/aromatic N) is 6. The van der Waals surface area contributed by atoms with Crippen molar-refractivity contribution in [1.29, 1.82) is 0 Å². The first-order valence-electron chi connectivity index (χ1n) is 8.76. The van der Waals surface area contributed by atoms with E-state index in [0.717, 1.165) is 5.56 Å². The second-order valence-corrected chi connectivity index (χ2v) is 6.25. The summed E-state index contributed by atoms with van der Waals surface area (Å²) < 4.78 is 5.36. The summed E-state index contributed by atoms with van der Waals surface area (Å²) in [7, 11) is 0. The molecule has 10 heteroatoms. The van der Waals surface area contributed by atoms with E-state index in [1.807, 2.05) is 12.1 Å². The maximum Gasteiger partial charge on any atom is 0.271 e. The van der Waals surface area contributed by atoms with Gasteiger partial charge in [-0.2, -0.15) is 4.98 Å². The SMILES string of the molecule is O=C(NCc1noc([C@@H]2CCC(=O)N2Cc2ccncc2)n1)c1cnccn1. The van der Waals surface area contributed by atoms with Crippen molar-refractivity contribution in [3.63, 3.8) is 0 Å². The Labute approximate surface area is 160 Å². The number of nitrogens with one attached hydrogen (secondary N) is 1. The molecule has 3 aromatic heterocycles. The van der Waals surface area contributed by atoms with Crippen molar-refractivity contribution >= 4 is 11.8 Å². The summed E-state index contributed by atoms with van der Waals surface area (Å²) in [6.07, 6.45) is 8.72. The molecule has 1 aliphatic heterocycles. The van der Waals surface area contributed by atoms with Gasteiger partial charge >= 0.3 is 0 Å². The maximum absolute atomic E-state index is 12.3. The largest absolute Gasteiger partial charge is 0.343 e. The maximum atomic E-state index is 12.3. The van der Waals surface area contributed by atoms with Crippen LogP contribution in [-0.4, -0.2) is 41.8 Å². The molecule has 1 aliphatic rings. The highest BCUT2D eigenvalue weighted by atomic mass is 16.5. The minimum Gasteiger partial charge on any atom is -0.343 e. The lowest BCUT2D eigenvalue weighted by Crippen LogP contribution is -2.27. The van der Waals surface area contributed by atoms with Crippen molar-refractivity contribution in [2.75, 3.05) is 0 Å². The van der Waals surface area contributed by atoms with Crippen LogP contribution in [0.3, 0.4) is 0 Å². The van der Waals surface area contributed by atoms with Crippen molar-refractivity contribution in [1.82, 2.24) is 35.3 Å². The summed E-state index contributed by atoms with van der Waals surface area (Å²) >= 11 is 0. The average molecular weight is 379 g/mol.